The molecule has 0 amide bonds. The molecule has 0 bridgehead atoms. The number of hydrogen-bond acceptors (Lipinski definition) is 5. The zero-order chi connectivity index (χ0) is 18.1. The minimum atomic E-state index is -5.02. The van der Waals surface area contributed by atoms with Crippen LogP contribution in [0.2, 0.25) is 0 Å². The lowest BCUT2D eigenvalue weighted by atomic mass is 10.1. The minimum Gasteiger partial charge on any atom is -0.491 e. The van der Waals surface area contributed by atoms with E-state index in [2.05, 4.69) is 9.97 Å². The van der Waals surface area contributed by atoms with Gasteiger partial charge < -0.3 is 15.2 Å². The van der Waals surface area contributed by atoms with Gasteiger partial charge >= 0.3 is 6.18 Å². The molecule has 2 N–H and O–H groups in total. The van der Waals surface area contributed by atoms with Crippen molar-refractivity contribution in [1.82, 2.24) is 9.97 Å². The maximum absolute atomic E-state index is 14.1. The summed E-state index contributed by atoms with van der Waals surface area (Å²) < 4.78 is 75.4. The number of nitrogens with two attached hydrogens (primary N) is 1. The quantitative estimate of drug-likeness (QED) is 0.859. The van der Waals surface area contributed by atoms with Crippen LogP contribution in [0.5, 0.6) is 5.75 Å². The van der Waals surface area contributed by atoms with E-state index in [1.807, 2.05) is 0 Å². The van der Waals surface area contributed by atoms with Crippen molar-refractivity contribution in [2.24, 2.45) is 0 Å². The number of benzene rings is 1. The van der Waals surface area contributed by atoms with Gasteiger partial charge in [-0.25, -0.2) is 18.7 Å². The second-order valence-electron chi connectivity index (χ2n) is 4.63. The summed E-state index contributed by atoms with van der Waals surface area (Å²) in [4.78, 5) is 7.68. The van der Waals surface area contributed by atoms with Gasteiger partial charge in [0.05, 0.1) is 24.8 Å². The third-order valence-corrected chi connectivity index (χ3v) is 3.08. The monoisotopic (exact) mass is 349 g/mol. The number of hydrogen-bond donors (Lipinski definition) is 1. The minimum absolute atomic E-state index is 0.0758. The summed E-state index contributed by atoms with van der Waals surface area (Å²) in [6.07, 6.45) is -5.02. The summed E-state index contributed by atoms with van der Waals surface area (Å²) in [5, 5.41) is 0. The molecule has 0 fully saturated rings. The number of halogens is 5. The molecule has 0 spiro atoms. The highest BCUT2D eigenvalue weighted by Gasteiger charge is 2.36. The van der Waals surface area contributed by atoms with Gasteiger partial charge in [-0.3, -0.25) is 0 Å². The fourth-order valence-electron chi connectivity index (χ4n) is 2.03. The van der Waals surface area contributed by atoms with E-state index in [0.29, 0.717) is 6.07 Å². The number of nitrogen functional groups attached to an aromatic ring is 1. The Labute approximate surface area is 133 Å². The SMILES string of the molecule is COCc1nc(-c2ccc(C(F)(F)F)c(F)c2F)nc(N)c1OC. The number of aromatic nitrogens is 2. The van der Waals surface area contributed by atoms with Crippen LogP contribution in [0, 0.1) is 11.6 Å². The molecule has 0 aliphatic heterocycles. The average Bonchev–Trinajstić information content (AvgIpc) is 2.48. The number of ether oxygens (including phenoxy) is 2. The van der Waals surface area contributed by atoms with Gasteiger partial charge in [-0.2, -0.15) is 13.2 Å². The summed E-state index contributed by atoms with van der Waals surface area (Å²) >= 11 is 0. The zero-order valence-corrected chi connectivity index (χ0v) is 12.5. The van der Waals surface area contributed by atoms with Gasteiger partial charge in [0.2, 0.25) is 0 Å². The van der Waals surface area contributed by atoms with Gasteiger partial charge in [-0.15, -0.1) is 0 Å². The predicted octanol–water partition coefficient (Wildman–Crippen LogP) is 3.18. The number of nitrogens with zero attached hydrogens (tertiary/aromatic N) is 2. The van der Waals surface area contributed by atoms with Crippen LogP contribution < -0.4 is 10.5 Å². The maximum Gasteiger partial charge on any atom is 0.419 e. The first-order valence-corrected chi connectivity index (χ1v) is 6.45. The van der Waals surface area contributed by atoms with Crippen LogP contribution in [0.4, 0.5) is 27.8 Å². The third kappa shape index (κ3) is 3.23. The highest BCUT2D eigenvalue weighted by Crippen LogP contribution is 2.35. The smallest absolute Gasteiger partial charge is 0.419 e. The Hall–Kier alpha value is -2.49. The van der Waals surface area contributed by atoms with Crippen molar-refractivity contribution in [2.75, 3.05) is 20.0 Å². The molecule has 0 atom stereocenters. The molecule has 0 aliphatic carbocycles. The third-order valence-electron chi connectivity index (χ3n) is 3.08. The lowest BCUT2D eigenvalue weighted by Gasteiger charge is -2.13. The zero-order valence-electron chi connectivity index (χ0n) is 12.5. The number of anilines is 1. The van der Waals surface area contributed by atoms with Crippen LogP contribution in [-0.4, -0.2) is 24.2 Å². The van der Waals surface area contributed by atoms with Gasteiger partial charge in [0.25, 0.3) is 0 Å². The van der Waals surface area contributed by atoms with Crippen LogP contribution in [0.25, 0.3) is 11.4 Å². The number of alkyl halides is 3. The highest BCUT2D eigenvalue weighted by molar-refractivity contribution is 5.62. The van der Waals surface area contributed by atoms with Crippen LogP contribution >= 0.6 is 0 Å². The molecule has 2 aromatic rings. The normalized spacial score (nSPS) is 11.6. The van der Waals surface area contributed by atoms with Crippen molar-refractivity contribution >= 4 is 5.82 Å². The molecular weight excluding hydrogens is 337 g/mol. The Morgan fingerprint density at radius 3 is 2.29 bits per heavy atom. The van der Waals surface area contributed by atoms with E-state index in [1.54, 1.807) is 0 Å². The van der Waals surface area contributed by atoms with Gasteiger partial charge in [-0.05, 0) is 12.1 Å². The van der Waals surface area contributed by atoms with E-state index < -0.39 is 28.9 Å². The first-order valence-electron chi connectivity index (χ1n) is 6.45. The Bertz CT molecular complexity index is 765. The van der Waals surface area contributed by atoms with E-state index in [4.69, 9.17) is 15.2 Å². The summed E-state index contributed by atoms with van der Waals surface area (Å²) in [7, 11) is 2.65. The summed E-state index contributed by atoms with van der Waals surface area (Å²) in [6.45, 7) is -0.0758. The molecule has 0 aliphatic rings. The predicted molar refractivity (Wildman–Crippen MR) is 74.1 cm³/mol. The lowest BCUT2D eigenvalue weighted by molar-refractivity contribution is -0.140. The molecule has 5 nitrogen and oxygen atoms in total. The topological polar surface area (TPSA) is 70.3 Å². The number of rotatable bonds is 4. The Kier molecular flexibility index (Phi) is 4.88. The van der Waals surface area contributed by atoms with Gasteiger partial charge in [-0.1, -0.05) is 0 Å². The largest absolute Gasteiger partial charge is 0.491 e. The van der Waals surface area contributed by atoms with E-state index >= 15 is 0 Å². The number of methoxy groups -OCH3 is 2. The Balaban J connectivity index is 2.63. The van der Waals surface area contributed by atoms with E-state index in [9.17, 15) is 22.0 Å². The van der Waals surface area contributed by atoms with Gasteiger partial charge in [0, 0.05) is 7.11 Å². The van der Waals surface area contributed by atoms with Crippen LogP contribution in [-0.2, 0) is 17.5 Å². The molecule has 10 heteroatoms. The highest BCUT2D eigenvalue weighted by atomic mass is 19.4. The van der Waals surface area contributed by atoms with Crippen LogP contribution in [0.3, 0.4) is 0 Å². The molecule has 0 radical (unpaired) electrons. The standard InChI is InChI=1S/C14H12F5N3O2/c1-23-5-8-11(24-2)12(20)22-13(21-8)6-3-4-7(14(17,18)19)10(16)9(6)15/h3-4H,5H2,1-2H3,(H2,20,21,22). The van der Waals surface area contributed by atoms with Crippen molar-refractivity contribution in [2.45, 2.75) is 12.8 Å². The summed E-state index contributed by atoms with van der Waals surface area (Å²) in [5.74, 6) is -4.25. The average molecular weight is 349 g/mol. The van der Waals surface area contributed by atoms with E-state index in [0.717, 1.165) is 6.07 Å². The lowest BCUT2D eigenvalue weighted by Crippen LogP contribution is -2.11. The first kappa shape index (κ1) is 17.9. The second-order valence-corrected chi connectivity index (χ2v) is 4.63. The summed E-state index contributed by atoms with van der Waals surface area (Å²) in [6, 6.07) is 1.15. The Morgan fingerprint density at radius 2 is 1.75 bits per heavy atom. The summed E-state index contributed by atoms with van der Waals surface area (Å²) in [5.41, 5.74) is 3.52. The van der Waals surface area contributed by atoms with Crippen LogP contribution in [0.1, 0.15) is 11.3 Å². The van der Waals surface area contributed by atoms with Crippen LogP contribution in [0.15, 0.2) is 12.1 Å². The molecular formula is C14H12F5N3O2. The molecule has 130 valence electrons. The van der Waals surface area contributed by atoms with E-state index in [1.165, 1.54) is 14.2 Å². The molecule has 0 saturated heterocycles. The fourth-order valence-corrected chi connectivity index (χ4v) is 2.03. The fraction of sp³-hybridized carbons (Fsp3) is 0.286. The molecule has 1 heterocycles. The first-order chi connectivity index (χ1) is 11.2. The Morgan fingerprint density at radius 1 is 1.08 bits per heavy atom. The molecule has 1 aromatic heterocycles. The van der Waals surface area contributed by atoms with Crippen molar-refractivity contribution in [3.8, 4) is 17.1 Å². The molecule has 1 aromatic carbocycles. The second kappa shape index (κ2) is 6.56. The maximum atomic E-state index is 14.1. The molecule has 0 unspecified atom stereocenters. The van der Waals surface area contributed by atoms with Gasteiger partial charge in [0.15, 0.2) is 29.0 Å². The van der Waals surface area contributed by atoms with Crippen molar-refractivity contribution in [3.05, 3.63) is 35.0 Å². The van der Waals surface area contributed by atoms with Crippen molar-refractivity contribution in [3.63, 3.8) is 0 Å². The van der Waals surface area contributed by atoms with Crippen molar-refractivity contribution in [1.29, 1.82) is 0 Å². The van der Waals surface area contributed by atoms with Gasteiger partial charge in [0.1, 0.15) is 5.69 Å². The van der Waals surface area contributed by atoms with E-state index in [-0.39, 0.29) is 29.7 Å². The molecule has 0 saturated carbocycles. The molecule has 2 rings (SSSR count). The van der Waals surface area contributed by atoms with Crippen molar-refractivity contribution < 1.29 is 31.4 Å². The molecule has 24 heavy (non-hydrogen) atoms.